The summed E-state index contributed by atoms with van der Waals surface area (Å²) >= 11 is 0. The van der Waals surface area contributed by atoms with E-state index in [9.17, 15) is 18.5 Å². The number of sulfonamides is 1. The fraction of sp³-hybridized carbons (Fsp3) is 0.294. The highest BCUT2D eigenvalue weighted by Crippen LogP contribution is 2.35. The standard InChI is InChI=1S/C17H19N3O4S/c18-25(23,24)15-6-7-16(17(12-15)20(21)22)19-10-8-14(9-11-19)13-4-2-1-3-5-13/h1-7,12,14H,8-11H2,(H2,18,23,24). The zero-order chi connectivity index (χ0) is 18.0. The molecule has 2 aromatic carbocycles. The Morgan fingerprint density at radius 1 is 1.08 bits per heavy atom. The van der Waals surface area contributed by atoms with E-state index in [1.54, 1.807) is 0 Å². The van der Waals surface area contributed by atoms with E-state index in [2.05, 4.69) is 12.1 Å². The maximum absolute atomic E-state index is 11.4. The van der Waals surface area contributed by atoms with Crippen LogP contribution in [0.4, 0.5) is 11.4 Å². The van der Waals surface area contributed by atoms with Crippen molar-refractivity contribution in [2.75, 3.05) is 18.0 Å². The molecule has 0 aliphatic carbocycles. The number of primary sulfonamides is 1. The predicted octanol–water partition coefficient (Wildman–Crippen LogP) is 2.63. The molecule has 2 aromatic rings. The van der Waals surface area contributed by atoms with Crippen molar-refractivity contribution in [3.63, 3.8) is 0 Å². The highest BCUT2D eigenvalue weighted by Gasteiger charge is 2.27. The molecule has 0 amide bonds. The monoisotopic (exact) mass is 361 g/mol. The predicted molar refractivity (Wildman–Crippen MR) is 95.1 cm³/mol. The zero-order valence-corrected chi connectivity index (χ0v) is 14.4. The maximum atomic E-state index is 11.4. The van der Waals surface area contributed by atoms with Crippen LogP contribution in [-0.4, -0.2) is 26.4 Å². The second-order valence-corrected chi connectivity index (χ2v) is 7.69. The van der Waals surface area contributed by atoms with Gasteiger partial charge >= 0.3 is 0 Å². The van der Waals surface area contributed by atoms with Gasteiger partial charge in [0.15, 0.2) is 0 Å². The fourth-order valence-electron chi connectivity index (χ4n) is 3.27. The van der Waals surface area contributed by atoms with Crippen LogP contribution in [0.25, 0.3) is 0 Å². The molecule has 8 heteroatoms. The minimum Gasteiger partial charge on any atom is -0.366 e. The number of piperidine rings is 1. The van der Waals surface area contributed by atoms with E-state index in [0.29, 0.717) is 24.7 Å². The lowest BCUT2D eigenvalue weighted by Crippen LogP contribution is -2.33. The smallest absolute Gasteiger partial charge is 0.293 e. The molecule has 0 spiro atoms. The molecule has 0 unspecified atom stereocenters. The third-order valence-electron chi connectivity index (χ3n) is 4.58. The number of hydrogen-bond donors (Lipinski definition) is 1. The summed E-state index contributed by atoms with van der Waals surface area (Å²) in [7, 11) is -3.97. The molecule has 1 fully saturated rings. The first-order chi connectivity index (χ1) is 11.9. The van der Waals surface area contributed by atoms with Crippen molar-refractivity contribution in [2.24, 2.45) is 5.14 Å². The van der Waals surface area contributed by atoms with Crippen molar-refractivity contribution >= 4 is 21.4 Å². The summed E-state index contributed by atoms with van der Waals surface area (Å²) < 4.78 is 22.9. The summed E-state index contributed by atoms with van der Waals surface area (Å²) in [4.78, 5) is 12.5. The summed E-state index contributed by atoms with van der Waals surface area (Å²) in [6.07, 6.45) is 1.77. The average Bonchev–Trinajstić information content (AvgIpc) is 2.61. The van der Waals surface area contributed by atoms with Gasteiger partial charge in [0.25, 0.3) is 5.69 Å². The summed E-state index contributed by atoms with van der Waals surface area (Å²) in [5.41, 5.74) is 1.48. The van der Waals surface area contributed by atoms with Crippen LogP contribution in [0, 0.1) is 10.1 Å². The van der Waals surface area contributed by atoms with Crippen LogP contribution in [0.15, 0.2) is 53.4 Å². The van der Waals surface area contributed by atoms with E-state index < -0.39 is 14.9 Å². The van der Waals surface area contributed by atoms with Gasteiger partial charge in [-0.3, -0.25) is 10.1 Å². The third kappa shape index (κ3) is 3.80. The van der Waals surface area contributed by atoms with E-state index in [1.807, 2.05) is 23.1 Å². The Kier molecular flexibility index (Phi) is 4.73. The molecule has 0 radical (unpaired) electrons. The molecule has 1 aliphatic heterocycles. The molecule has 0 saturated carbocycles. The molecule has 1 aliphatic rings. The molecule has 0 bridgehead atoms. The number of nitro groups is 1. The number of nitrogens with zero attached hydrogens (tertiary/aromatic N) is 2. The van der Waals surface area contributed by atoms with Crippen LogP contribution >= 0.6 is 0 Å². The Hall–Kier alpha value is -2.45. The van der Waals surface area contributed by atoms with Gasteiger partial charge in [0.1, 0.15) is 5.69 Å². The Morgan fingerprint density at radius 2 is 1.72 bits per heavy atom. The normalized spacial score (nSPS) is 16.0. The van der Waals surface area contributed by atoms with Gasteiger partial charge in [0.2, 0.25) is 10.0 Å². The summed E-state index contributed by atoms with van der Waals surface area (Å²) in [6, 6.07) is 14.0. The Labute approximate surface area is 146 Å². The number of benzene rings is 2. The van der Waals surface area contributed by atoms with Gasteiger partial charge in [-0.15, -0.1) is 0 Å². The van der Waals surface area contributed by atoms with E-state index in [0.717, 1.165) is 18.9 Å². The fourth-order valence-corrected chi connectivity index (χ4v) is 3.81. The van der Waals surface area contributed by atoms with Gasteiger partial charge in [-0.1, -0.05) is 30.3 Å². The quantitative estimate of drug-likeness (QED) is 0.665. The lowest BCUT2D eigenvalue weighted by atomic mass is 9.89. The number of nitro benzene ring substituents is 1. The van der Waals surface area contributed by atoms with Gasteiger partial charge in [-0.05, 0) is 36.5 Å². The highest BCUT2D eigenvalue weighted by molar-refractivity contribution is 7.89. The van der Waals surface area contributed by atoms with Crippen LogP contribution in [0.3, 0.4) is 0 Å². The van der Waals surface area contributed by atoms with E-state index >= 15 is 0 Å². The lowest BCUT2D eigenvalue weighted by molar-refractivity contribution is -0.384. The second kappa shape index (κ2) is 6.81. The molecular weight excluding hydrogens is 342 g/mol. The first kappa shape index (κ1) is 17.4. The first-order valence-electron chi connectivity index (χ1n) is 7.97. The van der Waals surface area contributed by atoms with E-state index in [4.69, 9.17) is 5.14 Å². The highest BCUT2D eigenvalue weighted by atomic mass is 32.2. The van der Waals surface area contributed by atoms with Crippen molar-refractivity contribution in [2.45, 2.75) is 23.7 Å². The minimum atomic E-state index is -3.97. The van der Waals surface area contributed by atoms with Gasteiger partial charge in [0.05, 0.1) is 9.82 Å². The van der Waals surface area contributed by atoms with Crippen LogP contribution in [0.2, 0.25) is 0 Å². The molecule has 7 nitrogen and oxygen atoms in total. The van der Waals surface area contributed by atoms with E-state index in [1.165, 1.54) is 17.7 Å². The molecule has 1 saturated heterocycles. The molecule has 25 heavy (non-hydrogen) atoms. The average molecular weight is 361 g/mol. The van der Waals surface area contributed by atoms with Crippen LogP contribution in [0.5, 0.6) is 0 Å². The van der Waals surface area contributed by atoms with Gasteiger partial charge in [0, 0.05) is 19.2 Å². The van der Waals surface area contributed by atoms with Gasteiger partial charge < -0.3 is 4.90 Å². The Balaban J connectivity index is 1.82. The molecular formula is C17H19N3O4S. The third-order valence-corrected chi connectivity index (χ3v) is 5.49. The molecule has 0 aromatic heterocycles. The Morgan fingerprint density at radius 3 is 2.28 bits per heavy atom. The summed E-state index contributed by atoms with van der Waals surface area (Å²) in [6.45, 7) is 1.35. The largest absolute Gasteiger partial charge is 0.366 e. The first-order valence-corrected chi connectivity index (χ1v) is 9.52. The molecule has 3 rings (SSSR count). The van der Waals surface area contributed by atoms with Crippen LogP contribution < -0.4 is 10.0 Å². The van der Waals surface area contributed by atoms with Gasteiger partial charge in [-0.25, -0.2) is 13.6 Å². The van der Waals surface area contributed by atoms with Crippen LogP contribution in [-0.2, 0) is 10.0 Å². The number of anilines is 1. The lowest BCUT2D eigenvalue weighted by Gasteiger charge is -2.33. The van der Waals surface area contributed by atoms with Crippen molar-refractivity contribution < 1.29 is 13.3 Å². The topological polar surface area (TPSA) is 107 Å². The minimum absolute atomic E-state index is 0.232. The molecule has 132 valence electrons. The van der Waals surface area contributed by atoms with Crippen molar-refractivity contribution in [3.8, 4) is 0 Å². The van der Waals surface area contributed by atoms with Crippen molar-refractivity contribution in [1.82, 2.24) is 0 Å². The molecule has 0 atom stereocenters. The summed E-state index contributed by atoms with van der Waals surface area (Å²) in [5.74, 6) is 0.431. The SMILES string of the molecule is NS(=O)(=O)c1ccc(N2CCC(c3ccccc3)CC2)c([N+](=O)[O-])c1. The molecule has 2 N–H and O–H groups in total. The zero-order valence-electron chi connectivity index (χ0n) is 13.5. The second-order valence-electron chi connectivity index (χ2n) is 6.12. The number of hydrogen-bond acceptors (Lipinski definition) is 5. The number of rotatable bonds is 4. The number of nitrogens with two attached hydrogens (primary N) is 1. The Bertz CT molecular complexity index is 876. The van der Waals surface area contributed by atoms with Crippen molar-refractivity contribution in [1.29, 1.82) is 0 Å². The van der Waals surface area contributed by atoms with Crippen LogP contribution in [0.1, 0.15) is 24.3 Å². The summed E-state index contributed by atoms with van der Waals surface area (Å²) in [5, 5.41) is 16.4. The van der Waals surface area contributed by atoms with Gasteiger partial charge in [-0.2, -0.15) is 0 Å². The molecule has 1 heterocycles. The van der Waals surface area contributed by atoms with E-state index in [-0.39, 0.29) is 10.6 Å². The maximum Gasteiger partial charge on any atom is 0.293 e. The van der Waals surface area contributed by atoms with Crippen molar-refractivity contribution in [3.05, 3.63) is 64.2 Å².